The van der Waals surface area contributed by atoms with Crippen LogP contribution in [0.1, 0.15) is 29.9 Å². The summed E-state index contributed by atoms with van der Waals surface area (Å²) in [6.07, 6.45) is 0. The molecule has 1 aliphatic heterocycles. The molecule has 1 aliphatic rings. The zero-order valence-electron chi connectivity index (χ0n) is 17.9. The summed E-state index contributed by atoms with van der Waals surface area (Å²) in [6, 6.07) is 14.5. The lowest BCUT2D eigenvalue weighted by atomic mass is 9.92. The number of ether oxygens (including phenoxy) is 3. The molecule has 1 N–H and O–H groups in total. The molecule has 0 unspecified atom stereocenters. The van der Waals surface area contributed by atoms with Crippen LogP contribution in [0.25, 0.3) is 5.70 Å². The number of anilines is 1. The molecule has 0 saturated heterocycles. The summed E-state index contributed by atoms with van der Waals surface area (Å²) in [4.78, 5) is 17.8. The Hall–Kier alpha value is -3.81. The van der Waals surface area contributed by atoms with Gasteiger partial charge >= 0.3 is 5.97 Å². The molecule has 2 heterocycles. The highest BCUT2D eigenvalue weighted by atomic mass is 16.5. The van der Waals surface area contributed by atoms with Crippen molar-refractivity contribution in [2.24, 2.45) is 0 Å². The maximum Gasteiger partial charge on any atom is 0.338 e. The van der Waals surface area contributed by atoms with Gasteiger partial charge in [-0.3, -0.25) is 0 Å². The monoisotopic (exact) mass is 420 g/mol. The molecule has 0 fully saturated rings. The molecule has 0 bridgehead atoms. The predicted molar refractivity (Wildman–Crippen MR) is 116 cm³/mol. The summed E-state index contributed by atoms with van der Waals surface area (Å²) in [5.41, 5.74) is 2.58. The number of aryl methyl sites for hydroxylation is 1. The third-order valence-electron chi connectivity index (χ3n) is 5.05. The topological polar surface area (TPSA) is 87.5 Å². The Balaban J connectivity index is 2.04. The second-order valence-electron chi connectivity index (χ2n) is 6.91. The minimum atomic E-state index is -0.628. The maximum atomic E-state index is 13.3. The highest BCUT2D eigenvalue weighted by molar-refractivity contribution is 6.02. The smallest absolute Gasteiger partial charge is 0.338 e. The number of carbonyl (C=O) groups is 1. The molecule has 3 aromatic rings. The summed E-state index contributed by atoms with van der Waals surface area (Å²) < 4.78 is 18.3. The zero-order chi connectivity index (χ0) is 22.0. The van der Waals surface area contributed by atoms with E-state index in [4.69, 9.17) is 14.2 Å². The van der Waals surface area contributed by atoms with Gasteiger partial charge in [0.2, 0.25) is 5.95 Å². The van der Waals surface area contributed by atoms with Crippen molar-refractivity contribution in [3.63, 3.8) is 0 Å². The average molecular weight is 420 g/mol. The number of fused-ring (bicyclic) bond motifs is 1. The van der Waals surface area contributed by atoms with Crippen LogP contribution in [-0.4, -0.2) is 41.6 Å². The van der Waals surface area contributed by atoms with E-state index in [0.717, 1.165) is 5.56 Å². The van der Waals surface area contributed by atoms with Gasteiger partial charge in [-0.05, 0) is 25.5 Å². The summed E-state index contributed by atoms with van der Waals surface area (Å²) in [7, 11) is 3.15. The third-order valence-corrected chi connectivity index (χ3v) is 5.05. The number of aromatic nitrogens is 3. The molecule has 0 radical (unpaired) electrons. The number of hydrogen-bond donors (Lipinski definition) is 1. The Labute approximate surface area is 180 Å². The van der Waals surface area contributed by atoms with Crippen molar-refractivity contribution in [2.75, 3.05) is 26.1 Å². The van der Waals surface area contributed by atoms with Crippen molar-refractivity contribution in [1.29, 1.82) is 0 Å². The molecule has 160 valence electrons. The first-order chi connectivity index (χ1) is 15.1. The van der Waals surface area contributed by atoms with Crippen molar-refractivity contribution in [3.8, 4) is 11.5 Å². The first kappa shape index (κ1) is 20.5. The van der Waals surface area contributed by atoms with Gasteiger partial charge in [-0.15, -0.1) is 0 Å². The van der Waals surface area contributed by atoms with Crippen LogP contribution in [0.5, 0.6) is 11.5 Å². The van der Waals surface area contributed by atoms with E-state index in [1.807, 2.05) is 48.5 Å². The van der Waals surface area contributed by atoms with E-state index in [0.29, 0.717) is 40.1 Å². The van der Waals surface area contributed by atoms with E-state index in [9.17, 15) is 4.79 Å². The number of nitrogens with one attached hydrogen (secondary N) is 1. The number of rotatable bonds is 6. The lowest BCUT2D eigenvalue weighted by Gasteiger charge is -2.30. The molecule has 1 aromatic heterocycles. The standard InChI is InChI=1S/C23H24N4O4/c1-5-31-22(28)18-19(15-10-7-6-8-11-15)25-23-24-14(2)26-27(23)20(18)16-12-9-13-17(29-3)21(16)30-4/h6-13,20H,5H2,1-4H3,(H,24,25,26)/t20-/m0/s1. The Kier molecular flexibility index (Phi) is 5.62. The zero-order valence-corrected chi connectivity index (χ0v) is 17.9. The summed E-state index contributed by atoms with van der Waals surface area (Å²) >= 11 is 0. The van der Waals surface area contributed by atoms with E-state index >= 15 is 0 Å². The molecule has 31 heavy (non-hydrogen) atoms. The van der Waals surface area contributed by atoms with Gasteiger partial charge in [-0.1, -0.05) is 42.5 Å². The van der Waals surface area contributed by atoms with Crippen molar-refractivity contribution in [1.82, 2.24) is 14.8 Å². The van der Waals surface area contributed by atoms with Gasteiger partial charge in [0.15, 0.2) is 11.5 Å². The number of nitrogens with zero attached hydrogens (tertiary/aromatic N) is 3. The quantitative estimate of drug-likeness (QED) is 0.610. The Bertz CT molecular complexity index is 1140. The fraction of sp³-hybridized carbons (Fsp3) is 0.261. The van der Waals surface area contributed by atoms with Gasteiger partial charge in [-0.25, -0.2) is 9.48 Å². The number of hydrogen-bond acceptors (Lipinski definition) is 7. The average Bonchev–Trinajstić information content (AvgIpc) is 3.17. The van der Waals surface area contributed by atoms with Gasteiger partial charge in [0.1, 0.15) is 11.9 Å². The summed E-state index contributed by atoms with van der Waals surface area (Å²) in [6.45, 7) is 3.83. The molecule has 1 atom stereocenters. The van der Waals surface area contributed by atoms with E-state index < -0.39 is 12.0 Å². The minimum absolute atomic E-state index is 0.246. The van der Waals surface area contributed by atoms with Gasteiger partial charge in [0, 0.05) is 5.56 Å². The van der Waals surface area contributed by atoms with Crippen LogP contribution in [0.4, 0.5) is 5.95 Å². The molecular formula is C23H24N4O4. The molecule has 0 amide bonds. The molecule has 2 aromatic carbocycles. The van der Waals surface area contributed by atoms with Gasteiger partial charge < -0.3 is 19.5 Å². The Morgan fingerprint density at radius 2 is 1.87 bits per heavy atom. The highest BCUT2D eigenvalue weighted by Crippen LogP contribution is 2.44. The van der Waals surface area contributed by atoms with Crippen molar-refractivity contribution >= 4 is 17.6 Å². The van der Waals surface area contributed by atoms with E-state index in [-0.39, 0.29) is 6.61 Å². The van der Waals surface area contributed by atoms with Crippen LogP contribution < -0.4 is 14.8 Å². The van der Waals surface area contributed by atoms with Crippen LogP contribution in [0.15, 0.2) is 54.1 Å². The predicted octanol–water partition coefficient (Wildman–Crippen LogP) is 3.59. The minimum Gasteiger partial charge on any atom is -0.493 e. The molecule has 8 nitrogen and oxygen atoms in total. The highest BCUT2D eigenvalue weighted by Gasteiger charge is 2.38. The van der Waals surface area contributed by atoms with Crippen molar-refractivity contribution < 1.29 is 19.0 Å². The van der Waals surface area contributed by atoms with Crippen molar-refractivity contribution in [3.05, 3.63) is 71.1 Å². The SMILES string of the molecule is CCOC(=O)C1=C(c2ccccc2)Nc2nc(C)nn2[C@H]1c1cccc(OC)c1OC. The third kappa shape index (κ3) is 3.61. The first-order valence-corrected chi connectivity index (χ1v) is 9.96. The number of methoxy groups -OCH3 is 2. The van der Waals surface area contributed by atoms with Crippen LogP contribution in [-0.2, 0) is 9.53 Å². The van der Waals surface area contributed by atoms with E-state index in [1.165, 1.54) is 0 Å². The van der Waals surface area contributed by atoms with Crippen molar-refractivity contribution in [2.45, 2.75) is 19.9 Å². The fourth-order valence-corrected chi connectivity index (χ4v) is 3.80. The Morgan fingerprint density at radius 1 is 1.10 bits per heavy atom. The van der Waals surface area contributed by atoms with Crippen LogP contribution in [0.2, 0.25) is 0 Å². The van der Waals surface area contributed by atoms with E-state index in [2.05, 4.69) is 15.4 Å². The first-order valence-electron chi connectivity index (χ1n) is 9.96. The number of para-hydroxylation sites is 1. The van der Waals surface area contributed by atoms with Crippen LogP contribution in [0, 0.1) is 6.92 Å². The Morgan fingerprint density at radius 3 is 2.55 bits per heavy atom. The number of esters is 1. The molecule has 0 saturated carbocycles. The van der Waals surface area contributed by atoms with Gasteiger partial charge in [0.25, 0.3) is 0 Å². The van der Waals surface area contributed by atoms with Crippen LogP contribution in [0.3, 0.4) is 0 Å². The largest absolute Gasteiger partial charge is 0.493 e. The van der Waals surface area contributed by atoms with Gasteiger partial charge in [0.05, 0.1) is 32.1 Å². The lowest BCUT2D eigenvalue weighted by Crippen LogP contribution is -2.30. The molecule has 8 heteroatoms. The molecule has 0 aliphatic carbocycles. The fourth-order valence-electron chi connectivity index (χ4n) is 3.80. The molecular weight excluding hydrogens is 396 g/mol. The summed E-state index contributed by atoms with van der Waals surface area (Å²) in [5, 5.41) is 7.85. The summed E-state index contributed by atoms with van der Waals surface area (Å²) in [5.74, 6) is 1.74. The maximum absolute atomic E-state index is 13.3. The van der Waals surface area contributed by atoms with Crippen LogP contribution >= 0.6 is 0 Å². The second kappa shape index (κ2) is 8.51. The van der Waals surface area contributed by atoms with E-state index in [1.54, 1.807) is 32.7 Å². The van der Waals surface area contributed by atoms with Gasteiger partial charge in [-0.2, -0.15) is 10.1 Å². The lowest BCUT2D eigenvalue weighted by molar-refractivity contribution is -0.138. The number of carbonyl (C=O) groups excluding carboxylic acids is 1. The number of benzene rings is 2. The molecule has 4 rings (SSSR count). The molecule has 0 spiro atoms. The second-order valence-corrected chi connectivity index (χ2v) is 6.91. The normalized spacial score (nSPS) is 15.2.